The highest BCUT2D eigenvalue weighted by Gasteiger charge is 2.49. The van der Waals surface area contributed by atoms with Gasteiger partial charge in [0, 0.05) is 18.1 Å². The summed E-state index contributed by atoms with van der Waals surface area (Å²) in [6.45, 7) is 12.5. The molecule has 0 heterocycles. The Morgan fingerprint density at radius 2 is 2.00 bits per heavy atom. The molecule has 2 unspecified atom stereocenters. The molecule has 2 atom stereocenters. The van der Waals surface area contributed by atoms with E-state index in [0.29, 0.717) is 24.7 Å². The molecule has 3 heteroatoms. The Balaban J connectivity index is 1.96. The lowest BCUT2D eigenvalue weighted by Crippen LogP contribution is -2.58. The maximum Gasteiger partial charge on any atom is 0.142 e. The molecule has 118 valence electrons. The normalized spacial score (nSPS) is 23.7. The predicted octanol–water partition coefficient (Wildman–Crippen LogP) is 4.34. The molecule has 21 heavy (non-hydrogen) atoms. The van der Waals surface area contributed by atoms with Gasteiger partial charge in [-0.1, -0.05) is 39.8 Å². The first-order valence-corrected chi connectivity index (χ1v) is 8.05. The molecule has 1 aromatic rings. The van der Waals surface area contributed by atoms with Crippen LogP contribution in [-0.2, 0) is 4.74 Å². The quantitative estimate of drug-likeness (QED) is 0.810. The third kappa shape index (κ3) is 3.70. The number of hydrogen-bond donors (Lipinski definition) is 1. The molecule has 0 aliphatic heterocycles. The Labute approximate surface area is 129 Å². The van der Waals surface area contributed by atoms with Crippen LogP contribution in [0.2, 0.25) is 0 Å². The highest BCUT2D eigenvalue weighted by molar-refractivity contribution is 5.57. The third-order valence-corrected chi connectivity index (χ3v) is 4.33. The number of ether oxygens (including phenoxy) is 2. The van der Waals surface area contributed by atoms with Gasteiger partial charge in [-0.2, -0.15) is 0 Å². The molecule has 1 aromatic carbocycles. The second-order valence-corrected chi connectivity index (χ2v) is 6.90. The Hall–Kier alpha value is -1.22. The van der Waals surface area contributed by atoms with Gasteiger partial charge in [0.1, 0.15) is 5.75 Å². The van der Waals surface area contributed by atoms with Crippen molar-refractivity contribution in [2.75, 3.05) is 18.5 Å². The summed E-state index contributed by atoms with van der Waals surface area (Å²) in [4.78, 5) is 0. The molecule has 1 fully saturated rings. The molecule has 1 aliphatic carbocycles. The summed E-state index contributed by atoms with van der Waals surface area (Å²) in [5.74, 6) is 1.52. The van der Waals surface area contributed by atoms with Crippen LogP contribution in [0.4, 0.5) is 5.69 Å². The van der Waals surface area contributed by atoms with E-state index in [2.05, 4.69) is 39.1 Å². The Bertz CT molecular complexity index is 456. The van der Waals surface area contributed by atoms with Gasteiger partial charge < -0.3 is 14.8 Å². The molecule has 0 radical (unpaired) electrons. The van der Waals surface area contributed by atoms with Crippen molar-refractivity contribution in [1.82, 2.24) is 0 Å². The van der Waals surface area contributed by atoms with E-state index in [1.54, 1.807) is 0 Å². The van der Waals surface area contributed by atoms with Gasteiger partial charge in [-0.15, -0.1) is 0 Å². The minimum absolute atomic E-state index is 0.147. The molecule has 1 saturated carbocycles. The van der Waals surface area contributed by atoms with Crippen molar-refractivity contribution in [3.8, 4) is 5.75 Å². The van der Waals surface area contributed by atoms with Gasteiger partial charge in [-0.3, -0.25) is 0 Å². The third-order valence-electron chi connectivity index (χ3n) is 4.33. The Kier molecular flexibility index (Phi) is 5.15. The summed E-state index contributed by atoms with van der Waals surface area (Å²) in [7, 11) is 0. The molecule has 0 aromatic heterocycles. The minimum atomic E-state index is 0.147. The van der Waals surface area contributed by atoms with Crippen LogP contribution in [0.15, 0.2) is 24.3 Å². The Morgan fingerprint density at radius 1 is 1.29 bits per heavy atom. The average Bonchev–Trinajstić information content (AvgIpc) is 2.43. The summed E-state index contributed by atoms with van der Waals surface area (Å²) >= 11 is 0. The van der Waals surface area contributed by atoms with E-state index in [4.69, 9.17) is 9.47 Å². The maximum absolute atomic E-state index is 6.03. The van der Waals surface area contributed by atoms with Gasteiger partial charge in [-0.05, 0) is 31.4 Å². The van der Waals surface area contributed by atoms with Crippen molar-refractivity contribution in [2.45, 2.75) is 53.2 Å². The fraction of sp³-hybridized carbons (Fsp3) is 0.667. The molecule has 0 saturated heterocycles. The van der Waals surface area contributed by atoms with E-state index in [9.17, 15) is 0 Å². The number of hydrogen-bond acceptors (Lipinski definition) is 3. The number of nitrogens with one attached hydrogen (secondary N) is 1. The first-order chi connectivity index (χ1) is 9.95. The lowest BCUT2D eigenvalue weighted by molar-refractivity contribution is -0.108. The molecule has 0 bridgehead atoms. The van der Waals surface area contributed by atoms with E-state index in [1.807, 2.05) is 25.1 Å². The molecule has 2 rings (SSSR count). The van der Waals surface area contributed by atoms with Crippen molar-refractivity contribution >= 4 is 5.69 Å². The molecule has 1 aliphatic rings. The van der Waals surface area contributed by atoms with Crippen molar-refractivity contribution in [1.29, 1.82) is 0 Å². The van der Waals surface area contributed by atoms with E-state index < -0.39 is 0 Å². The minimum Gasteiger partial charge on any atom is -0.492 e. The summed E-state index contributed by atoms with van der Waals surface area (Å²) in [5.41, 5.74) is 1.23. The first-order valence-electron chi connectivity index (χ1n) is 8.05. The number of rotatable bonds is 7. The van der Waals surface area contributed by atoms with Crippen LogP contribution in [0.1, 0.15) is 41.0 Å². The van der Waals surface area contributed by atoms with Gasteiger partial charge in [0.15, 0.2) is 0 Å². The highest BCUT2D eigenvalue weighted by atomic mass is 16.5. The monoisotopic (exact) mass is 291 g/mol. The fourth-order valence-electron chi connectivity index (χ4n) is 2.78. The van der Waals surface area contributed by atoms with E-state index >= 15 is 0 Å². The summed E-state index contributed by atoms with van der Waals surface area (Å²) < 4.78 is 11.7. The smallest absolute Gasteiger partial charge is 0.142 e. The van der Waals surface area contributed by atoms with Crippen LogP contribution < -0.4 is 10.1 Å². The van der Waals surface area contributed by atoms with Gasteiger partial charge in [0.25, 0.3) is 0 Å². The second-order valence-electron chi connectivity index (χ2n) is 6.90. The molecule has 3 nitrogen and oxygen atoms in total. The van der Waals surface area contributed by atoms with Gasteiger partial charge >= 0.3 is 0 Å². The zero-order chi connectivity index (χ0) is 15.5. The largest absolute Gasteiger partial charge is 0.492 e. The second kappa shape index (κ2) is 6.69. The fourth-order valence-corrected chi connectivity index (χ4v) is 2.78. The predicted molar refractivity (Wildman–Crippen MR) is 88.0 cm³/mol. The summed E-state index contributed by atoms with van der Waals surface area (Å²) in [5, 5.41) is 3.63. The molecule has 1 N–H and O–H groups in total. The van der Waals surface area contributed by atoms with E-state index in [0.717, 1.165) is 24.5 Å². The zero-order valence-corrected chi connectivity index (χ0v) is 14.0. The topological polar surface area (TPSA) is 30.5 Å². The van der Waals surface area contributed by atoms with Crippen molar-refractivity contribution < 1.29 is 9.47 Å². The molecular formula is C18H29NO2. The summed E-state index contributed by atoms with van der Waals surface area (Å²) in [6.07, 6.45) is 1.40. The van der Waals surface area contributed by atoms with Crippen LogP contribution in [0.5, 0.6) is 5.75 Å². The number of anilines is 1. The average molecular weight is 291 g/mol. The zero-order valence-electron chi connectivity index (χ0n) is 14.0. The Morgan fingerprint density at radius 3 is 2.62 bits per heavy atom. The van der Waals surface area contributed by atoms with Crippen molar-refractivity contribution in [3.05, 3.63) is 24.3 Å². The first kappa shape index (κ1) is 16.2. The SMILES string of the molecule is CCOc1ccccc1NC1CC(OCC(C)C)C1(C)C. The number of para-hydroxylation sites is 2. The van der Waals surface area contributed by atoms with Crippen LogP contribution in [0, 0.1) is 11.3 Å². The van der Waals surface area contributed by atoms with Crippen molar-refractivity contribution in [3.63, 3.8) is 0 Å². The van der Waals surface area contributed by atoms with Crippen LogP contribution in [-0.4, -0.2) is 25.4 Å². The molecule has 0 spiro atoms. The van der Waals surface area contributed by atoms with Crippen LogP contribution in [0.3, 0.4) is 0 Å². The van der Waals surface area contributed by atoms with Crippen LogP contribution >= 0.6 is 0 Å². The van der Waals surface area contributed by atoms with Crippen LogP contribution in [0.25, 0.3) is 0 Å². The highest BCUT2D eigenvalue weighted by Crippen LogP contribution is 2.45. The standard InChI is InChI=1S/C18H29NO2/c1-6-20-15-10-8-7-9-14(15)19-16-11-17(18(16,4)5)21-12-13(2)3/h7-10,13,16-17,19H,6,11-12H2,1-5H3. The van der Waals surface area contributed by atoms with Crippen molar-refractivity contribution in [2.24, 2.45) is 11.3 Å². The molecular weight excluding hydrogens is 262 g/mol. The number of benzene rings is 1. The lowest BCUT2D eigenvalue weighted by atomic mass is 9.64. The van der Waals surface area contributed by atoms with Gasteiger partial charge in [0.05, 0.1) is 18.4 Å². The maximum atomic E-state index is 6.03. The van der Waals surface area contributed by atoms with E-state index in [1.165, 1.54) is 0 Å². The van der Waals surface area contributed by atoms with Gasteiger partial charge in [-0.25, -0.2) is 0 Å². The lowest BCUT2D eigenvalue weighted by Gasteiger charge is -2.52. The summed E-state index contributed by atoms with van der Waals surface area (Å²) in [6, 6.07) is 8.59. The molecule has 0 amide bonds. The van der Waals surface area contributed by atoms with E-state index in [-0.39, 0.29) is 5.41 Å². The van der Waals surface area contributed by atoms with Gasteiger partial charge in [0.2, 0.25) is 0 Å².